The zero-order valence-corrected chi connectivity index (χ0v) is 28.2. The Morgan fingerprint density at radius 3 is 1.54 bits per heavy atom. The van der Waals surface area contributed by atoms with Gasteiger partial charge in [0.05, 0.1) is 7.11 Å². The number of nitrogens with two attached hydrogens (primary N) is 2. The molecule has 6 N–H and O–H groups in total. The highest BCUT2D eigenvalue weighted by atomic mass is 35.5. The largest absolute Gasteiger partial charge is 0.467 e. The first-order valence-electron chi connectivity index (χ1n) is 15.8. The predicted molar refractivity (Wildman–Crippen MR) is 176 cm³/mol. The first kappa shape index (κ1) is 44.4. The number of methoxy groups -OCH3 is 1. The van der Waals surface area contributed by atoms with Gasteiger partial charge in [-0.25, -0.2) is 4.79 Å². The van der Waals surface area contributed by atoms with Crippen molar-refractivity contribution in [2.24, 2.45) is 16.9 Å². The minimum absolute atomic E-state index is 0. The molecular weight excluding hydrogens is 563 g/mol. The average molecular weight is 628 g/mol. The molecule has 0 aliphatic carbocycles. The van der Waals surface area contributed by atoms with Crippen LogP contribution in [0.1, 0.15) is 143 Å². The van der Waals surface area contributed by atoms with Crippen LogP contribution in [0.25, 0.3) is 0 Å². The van der Waals surface area contributed by atoms with Gasteiger partial charge < -0.3 is 26.8 Å². The van der Waals surface area contributed by atoms with E-state index in [1.54, 1.807) is 0 Å². The van der Waals surface area contributed by atoms with Crippen molar-refractivity contribution in [2.75, 3.05) is 20.2 Å². The average Bonchev–Trinajstić information content (AvgIpc) is 2.92. The van der Waals surface area contributed by atoms with Crippen LogP contribution in [0, 0.1) is 5.41 Å². The van der Waals surface area contributed by atoms with Gasteiger partial charge >= 0.3 is 5.97 Å². The Hall–Kier alpha value is -1.09. The summed E-state index contributed by atoms with van der Waals surface area (Å²) in [5.74, 6) is -0.972. The van der Waals surface area contributed by atoms with Crippen molar-refractivity contribution in [1.29, 1.82) is 0 Å². The van der Waals surface area contributed by atoms with Gasteiger partial charge in [0.25, 0.3) is 0 Å². The zero-order valence-electron chi connectivity index (χ0n) is 26.6. The van der Waals surface area contributed by atoms with Crippen molar-refractivity contribution < 1.29 is 19.1 Å². The number of nitrogens with one attached hydrogen (secondary N) is 2. The number of ether oxygens (including phenoxy) is 1. The summed E-state index contributed by atoms with van der Waals surface area (Å²) in [6, 6.07) is -1.47. The molecule has 0 aromatic rings. The van der Waals surface area contributed by atoms with E-state index in [-0.39, 0.29) is 36.6 Å². The van der Waals surface area contributed by atoms with Crippen molar-refractivity contribution in [2.45, 2.75) is 155 Å². The summed E-state index contributed by atoms with van der Waals surface area (Å²) in [4.78, 5) is 38.6. The molecule has 0 unspecified atom stereocenters. The number of amides is 2. The second kappa shape index (κ2) is 29.0. The predicted octanol–water partition coefficient (Wildman–Crippen LogP) is 6.35. The molecule has 0 fully saturated rings. The third-order valence-electron chi connectivity index (χ3n) is 7.59. The number of carbonyl (C=O) groups is 3. The summed E-state index contributed by atoms with van der Waals surface area (Å²) in [6.45, 7) is 7.19. The van der Waals surface area contributed by atoms with Crippen LogP contribution in [0.3, 0.4) is 0 Å². The van der Waals surface area contributed by atoms with Gasteiger partial charge in [-0.1, -0.05) is 97.8 Å². The topological polar surface area (TPSA) is 137 Å². The highest BCUT2D eigenvalue weighted by Crippen LogP contribution is 2.25. The van der Waals surface area contributed by atoms with Crippen LogP contribution in [0.4, 0.5) is 0 Å². The minimum Gasteiger partial charge on any atom is -0.467 e. The lowest BCUT2D eigenvalue weighted by Gasteiger charge is -2.28. The van der Waals surface area contributed by atoms with Gasteiger partial charge in [-0.05, 0) is 58.0 Å². The SMILES string of the molecule is CCCCCCCCCCCCCCC(C)(C)C(=O)N[C@@H](CCCCN)C(=O)N[C@@H](CCCCN)C(=O)OC.Cl.Cl. The molecule has 2 atom stereocenters. The second-order valence-corrected chi connectivity index (χ2v) is 11.7. The molecule has 246 valence electrons. The molecule has 0 bridgehead atoms. The molecule has 0 spiro atoms. The van der Waals surface area contributed by atoms with E-state index in [4.69, 9.17) is 16.2 Å². The molecule has 0 aromatic carbocycles. The Labute approximate surface area is 263 Å². The summed E-state index contributed by atoms with van der Waals surface area (Å²) >= 11 is 0. The fourth-order valence-corrected chi connectivity index (χ4v) is 4.79. The number of unbranched alkanes of at least 4 members (excludes halogenated alkanes) is 13. The first-order chi connectivity index (χ1) is 18.7. The Morgan fingerprint density at radius 1 is 0.659 bits per heavy atom. The van der Waals surface area contributed by atoms with Gasteiger partial charge in [0.2, 0.25) is 11.8 Å². The summed E-state index contributed by atoms with van der Waals surface area (Å²) in [7, 11) is 1.31. The van der Waals surface area contributed by atoms with E-state index in [1.165, 1.54) is 71.3 Å². The number of esters is 1. The van der Waals surface area contributed by atoms with E-state index < -0.39 is 23.5 Å². The first-order valence-corrected chi connectivity index (χ1v) is 15.8. The Balaban J connectivity index is -0.00000722. The van der Waals surface area contributed by atoms with Crippen LogP contribution < -0.4 is 22.1 Å². The molecule has 0 aromatic heterocycles. The van der Waals surface area contributed by atoms with Crippen molar-refractivity contribution in [1.82, 2.24) is 10.6 Å². The quantitative estimate of drug-likeness (QED) is 0.0652. The van der Waals surface area contributed by atoms with Gasteiger partial charge in [0.1, 0.15) is 12.1 Å². The number of rotatable bonds is 26. The molecule has 0 heterocycles. The molecular formula is C31H64Cl2N4O4. The number of carbonyl (C=O) groups excluding carboxylic acids is 3. The van der Waals surface area contributed by atoms with E-state index in [9.17, 15) is 14.4 Å². The van der Waals surface area contributed by atoms with E-state index >= 15 is 0 Å². The van der Waals surface area contributed by atoms with Crippen LogP contribution >= 0.6 is 24.8 Å². The molecule has 10 heteroatoms. The highest BCUT2D eigenvalue weighted by Gasteiger charge is 2.32. The monoisotopic (exact) mass is 626 g/mol. The number of hydrogen-bond acceptors (Lipinski definition) is 6. The van der Waals surface area contributed by atoms with Gasteiger partial charge in [-0.15, -0.1) is 24.8 Å². The van der Waals surface area contributed by atoms with Crippen LogP contribution in [-0.4, -0.2) is 50.1 Å². The molecule has 41 heavy (non-hydrogen) atoms. The Bertz CT molecular complexity index is 654. The summed E-state index contributed by atoms with van der Waals surface area (Å²) in [5.41, 5.74) is 10.6. The third kappa shape index (κ3) is 23.1. The van der Waals surface area contributed by atoms with Gasteiger partial charge in [0, 0.05) is 5.41 Å². The van der Waals surface area contributed by atoms with E-state index in [2.05, 4.69) is 17.6 Å². The fraction of sp³-hybridized carbons (Fsp3) is 0.903. The van der Waals surface area contributed by atoms with Crippen molar-refractivity contribution in [3.8, 4) is 0 Å². The van der Waals surface area contributed by atoms with E-state index in [0.717, 1.165) is 32.1 Å². The standard InChI is InChI=1S/C31H62N4O4.2ClH/c1-5-6-7-8-9-10-11-12-13-14-15-18-23-31(2,3)30(38)35-26(21-16-19-24-32)28(36)34-27(29(37)39-4)22-17-20-25-33;;/h26-27H,5-25,32-33H2,1-4H3,(H,34,36)(H,35,38);2*1H/t26-,27-;;/m0../s1. The maximum atomic E-state index is 13.2. The summed E-state index contributed by atoms with van der Waals surface area (Å²) in [6.07, 6.45) is 20.0. The minimum atomic E-state index is -0.753. The van der Waals surface area contributed by atoms with E-state index in [0.29, 0.717) is 38.8 Å². The normalized spacial score (nSPS) is 12.4. The molecule has 0 saturated carbocycles. The lowest BCUT2D eigenvalue weighted by Crippen LogP contribution is -2.53. The van der Waals surface area contributed by atoms with Crippen molar-refractivity contribution in [3.63, 3.8) is 0 Å². The lowest BCUT2D eigenvalue weighted by atomic mass is 9.85. The second-order valence-electron chi connectivity index (χ2n) is 11.7. The van der Waals surface area contributed by atoms with Gasteiger partial charge in [-0.3, -0.25) is 9.59 Å². The molecule has 2 amide bonds. The summed E-state index contributed by atoms with van der Waals surface area (Å²) in [5, 5.41) is 5.78. The Kier molecular flexibility index (Phi) is 31.4. The highest BCUT2D eigenvalue weighted by molar-refractivity contribution is 5.92. The number of hydrogen-bond donors (Lipinski definition) is 4. The Morgan fingerprint density at radius 2 is 1.10 bits per heavy atom. The third-order valence-corrected chi connectivity index (χ3v) is 7.59. The van der Waals surface area contributed by atoms with E-state index in [1.807, 2.05) is 13.8 Å². The van der Waals surface area contributed by atoms with Crippen LogP contribution in [0.2, 0.25) is 0 Å². The van der Waals surface area contributed by atoms with Gasteiger partial charge in [-0.2, -0.15) is 0 Å². The molecule has 0 aliphatic rings. The zero-order chi connectivity index (χ0) is 29.4. The van der Waals surface area contributed by atoms with Gasteiger partial charge in [0.15, 0.2) is 0 Å². The number of halogens is 2. The maximum absolute atomic E-state index is 13.2. The van der Waals surface area contributed by atoms with Crippen LogP contribution in [0.5, 0.6) is 0 Å². The van der Waals surface area contributed by atoms with Crippen LogP contribution in [0.15, 0.2) is 0 Å². The molecule has 0 radical (unpaired) electrons. The molecule has 0 rings (SSSR count). The maximum Gasteiger partial charge on any atom is 0.328 e. The summed E-state index contributed by atoms with van der Waals surface area (Å²) < 4.78 is 4.88. The van der Waals surface area contributed by atoms with Crippen LogP contribution in [-0.2, 0) is 19.1 Å². The smallest absolute Gasteiger partial charge is 0.328 e. The molecule has 0 saturated heterocycles. The van der Waals surface area contributed by atoms with Crippen molar-refractivity contribution in [3.05, 3.63) is 0 Å². The lowest BCUT2D eigenvalue weighted by molar-refractivity contribution is -0.145. The molecule has 0 aliphatic heterocycles. The fourth-order valence-electron chi connectivity index (χ4n) is 4.79. The van der Waals surface area contributed by atoms with Crippen molar-refractivity contribution >= 4 is 42.6 Å². The molecule has 8 nitrogen and oxygen atoms in total.